The third-order valence-corrected chi connectivity index (χ3v) is 3.00. The summed E-state index contributed by atoms with van der Waals surface area (Å²) < 4.78 is 4.70. The number of methoxy groups -OCH3 is 1. The van der Waals surface area contributed by atoms with Crippen molar-refractivity contribution >= 4 is 5.97 Å². The fourth-order valence-electron chi connectivity index (χ4n) is 1.92. The first-order chi connectivity index (χ1) is 7.15. The zero-order chi connectivity index (χ0) is 11.3. The molecule has 0 N–H and O–H groups in total. The molecular formula is C12H17NO2. The average Bonchev–Trinajstić information content (AvgIpc) is 2.55. The quantitative estimate of drug-likeness (QED) is 0.516. The van der Waals surface area contributed by atoms with Gasteiger partial charge in [-0.2, -0.15) is 5.26 Å². The van der Waals surface area contributed by atoms with Gasteiger partial charge >= 0.3 is 5.97 Å². The van der Waals surface area contributed by atoms with Crippen LogP contribution in [0, 0.1) is 16.7 Å². The Labute approximate surface area is 90.7 Å². The number of hydrogen-bond donors (Lipinski definition) is 0. The molecule has 0 amide bonds. The summed E-state index contributed by atoms with van der Waals surface area (Å²) in [5.41, 5.74) is -0.159. The fourth-order valence-corrected chi connectivity index (χ4v) is 1.92. The molecule has 0 bridgehead atoms. The molecule has 3 nitrogen and oxygen atoms in total. The molecule has 3 heteroatoms. The zero-order valence-electron chi connectivity index (χ0n) is 9.38. The smallest absolute Gasteiger partial charge is 0.330 e. The molecule has 0 radical (unpaired) electrons. The minimum Gasteiger partial charge on any atom is -0.468 e. The number of rotatable bonds is 2. The Morgan fingerprint density at radius 1 is 1.53 bits per heavy atom. The normalized spacial score (nSPS) is 20.5. The van der Waals surface area contributed by atoms with Crippen molar-refractivity contribution in [1.82, 2.24) is 0 Å². The molecule has 0 heterocycles. The van der Waals surface area contributed by atoms with Gasteiger partial charge in [0.25, 0.3) is 0 Å². The molecule has 0 saturated heterocycles. The van der Waals surface area contributed by atoms with E-state index in [0.29, 0.717) is 0 Å². The van der Waals surface area contributed by atoms with E-state index < -0.39 is 11.4 Å². The van der Waals surface area contributed by atoms with Crippen LogP contribution in [0.25, 0.3) is 0 Å². The minimum absolute atomic E-state index is 0.446. The lowest BCUT2D eigenvalue weighted by atomic mass is 9.81. The van der Waals surface area contributed by atoms with Gasteiger partial charge < -0.3 is 4.74 Å². The van der Waals surface area contributed by atoms with Crippen molar-refractivity contribution in [2.75, 3.05) is 7.11 Å². The molecule has 0 aromatic rings. The van der Waals surface area contributed by atoms with E-state index in [1.165, 1.54) is 13.5 Å². The van der Waals surface area contributed by atoms with Crippen LogP contribution in [0.3, 0.4) is 0 Å². The van der Waals surface area contributed by atoms with E-state index in [-0.39, 0.29) is 0 Å². The van der Waals surface area contributed by atoms with E-state index in [1.807, 2.05) is 6.08 Å². The highest BCUT2D eigenvalue weighted by Gasteiger charge is 2.38. The molecule has 1 rings (SSSR count). The molecule has 0 aliphatic heterocycles. The summed E-state index contributed by atoms with van der Waals surface area (Å²) in [6.07, 6.45) is 7.20. The molecule has 82 valence electrons. The highest BCUT2D eigenvalue weighted by atomic mass is 16.5. The van der Waals surface area contributed by atoms with Crippen molar-refractivity contribution in [3.05, 3.63) is 11.6 Å². The monoisotopic (exact) mass is 207 g/mol. The molecule has 1 aliphatic carbocycles. The summed E-state index contributed by atoms with van der Waals surface area (Å²) in [5.74, 6) is -0.446. The van der Waals surface area contributed by atoms with Crippen LogP contribution in [-0.4, -0.2) is 13.1 Å². The van der Waals surface area contributed by atoms with Gasteiger partial charge in [-0.1, -0.05) is 12.5 Å². The number of nitriles is 1. The average molecular weight is 207 g/mol. The maximum absolute atomic E-state index is 11.6. The third-order valence-electron chi connectivity index (χ3n) is 3.00. The predicted octanol–water partition coefficient (Wildman–Crippen LogP) is 2.58. The Morgan fingerprint density at radius 2 is 2.27 bits per heavy atom. The highest BCUT2D eigenvalue weighted by Crippen LogP contribution is 2.34. The first kappa shape index (κ1) is 11.8. The second-order valence-corrected chi connectivity index (χ2v) is 4.06. The van der Waals surface area contributed by atoms with Gasteiger partial charge in [0.05, 0.1) is 13.2 Å². The molecule has 0 spiro atoms. The maximum Gasteiger partial charge on any atom is 0.330 e. The van der Waals surface area contributed by atoms with Crippen LogP contribution in [0.2, 0.25) is 0 Å². The Bertz CT molecular complexity index is 314. The molecule has 1 aliphatic rings. The molecule has 0 fully saturated rings. The molecule has 1 unspecified atom stereocenters. The Hall–Kier alpha value is -1.30. The van der Waals surface area contributed by atoms with E-state index in [2.05, 4.69) is 6.07 Å². The Kier molecular flexibility index (Phi) is 3.90. The number of hydrogen-bond acceptors (Lipinski definition) is 3. The van der Waals surface area contributed by atoms with Crippen LogP contribution in [0.5, 0.6) is 0 Å². The standard InChI is InChI=1S/C12H17NO2/c1-12(9-13,11(14)15-2)10-7-5-3-4-6-8-10/h7H,3-6,8H2,1-2H3. The fraction of sp³-hybridized carbons (Fsp3) is 0.667. The largest absolute Gasteiger partial charge is 0.468 e. The lowest BCUT2D eigenvalue weighted by Gasteiger charge is -2.21. The number of ether oxygens (including phenoxy) is 1. The van der Waals surface area contributed by atoms with Gasteiger partial charge in [0.1, 0.15) is 0 Å². The number of carbonyl (C=O) groups excluding carboxylic acids is 1. The van der Waals surface area contributed by atoms with Gasteiger partial charge in [0.15, 0.2) is 5.41 Å². The van der Waals surface area contributed by atoms with Crippen LogP contribution in [0.4, 0.5) is 0 Å². The number of carbonyl (C=O) groups is 1. The van der Waals surface area contributed by atoms with Crippen LogP contribution < -0.4 is 0 Å². The van der Waals surface area contributed by atoms with Crippen molar-refractivity contribution in [2.24, 2.45) is 5.41 Å². The van der Waals surface area contributed by atoms with E-state index in [4.69, 9.17) is 10.00 Å². The van der Waals surface area contributed by atoms with Crippen molar-refractivity contribution in [3.8, 4) is 6.07 Å². The van der Waals surface area contributed by atoms with Crippen LogP contribution in [0.1, 0.15) is 39.0 Å². The topological polar surface area (TPSA) is 50.1 Å². The molecule has 0 saturated carbocycles. The molecule has 0 aromatic heterocycles. The third kappa shape index (κ3) is 2.38. The van der Waals surface area contributed by atoms with Gasteiger partial charge in [-0.15, -0.1) is 0 Å². The van der Waals surface area contributed by atoms with Crippen molar-refractivity contribution in [3.63, 3.8) is 0 Å². The lowest BCUT2D eigenvalue weighted by Crippen LogP contribution is -2.29. The van der Waals surface area contributed by atoms with Crippen molar-refractivity contribution in [2.45, 2.75) is 39.0 Å². The second-order valence-electron chi connectivity index (χ2n) is 4.06. The van der Waals surface area contributed by atoms with E-state index in [9.17, 15) is 4.79 Å². The van der Waals surface area contributed by atoms with Gasteiger partial charge in [-0.05, 0) is 38.2 Å². The van der Waals surface area contributed by atoms with Crippen molar-refractivity contribution < 1.29 is 9.53 Å². The van der Waals surface area contributed by atoms with Crippen molar-refractivity contribution in [1.29, 1.82) is 5.26 Å². The minimum atomic E-state index is -1.08. The molecule has 0 aromatic carbocycles. The zero-order valence-corrected chi connectivity index (χ0v) is 9.38. The summed E-state index contributed by atoms with van der Waals surface area (Å²) in [5, 5.41) is 9.14. The van der Waals surface area contributed by atoms with Crippen LogP contribution >= 0.6 is 0 Å². The summed E-state index contributed by atoms with van der Waals surface area (Å²) in [7, 11) is 1.33. The number of esters is 1. The second kappa shape index (κ2) is 4.97. The first-order valence-electron chi connectivity index (χ1n) is 5.34. The summed E-state index contributed by atoms with van der Waals surface area (Å²) in [6.45, 7) is 1.65. The van der Waals surface area contributed by atoms with E-state index in [1.54, 1.807) is 6.92 Å². The molecule has 1 atom stereocenters. The van der Waals surface area contributed by atoms with Gasteiger partial charge in [0.2, 0.25) is 0 Å². The van der Waals surface area contributed by atoms with Crippen LogP contribution in [-0.2, 0) is 9.53 Å². The Morgan fingerprint density at radius 3 is 2.87 bits per heavy atom. The Balaban J connectivity index is 2.95. The number of nitrogens with zero attached hydrogens (tertiary/aromatic N) is 1. The van der Waals surface area contributed by atoms with Gasteiger partial charge in [0, 0.05) is 0 Å². The van der Waals surface area contributed by atoms with Gasteiger partial charge in [-0.25, -0.2) is 4.79 Å². The van der Waals surface area contributed by atoms with E-state index >= 15 is 0 Å². The van der Waals surface area contributed by atoms with Crippen LogP contribution in [0.15, 0.2) is 11.6 Å². The predicted molar refractivity (Wildman–Crippen MR) is 56.9 cm³/mol. The van der Waals surface area contributed by atoms with E-state index in [0.717, 1.165) is 31.3 Å². The molecular weight excluding hydrogens is 190 g/mol. The summed E-state index contributed by atoms with van der Waals surface area (Å²) in [6, 6.07) is 2.08. The number of allylic oxidation sites excluding steroid dienone is 1. The lowest BCUT2D eigenvalue weighted by molar-refractivity contribution is -0.146. The highest BCUT2D eigenvalue weighted by molar-refractivity contribution is 5.83. The maximum atomic E-state index is 11.6. The summed E-state index contributed by atoms with van der Waals surface area (Å²) >= 11 is 0. The summed E-state index contributed by atoms with van der Waals surface area (Å²) in [4.78, 5) is 11.6. The first-order valence-corrected chi connectivity index (χ1v) is 5.34. The molecule has 15 heavy (non-hydrogen) atoms. The SMILES string of the molecule is COC(=O)C(C)(C#N)C1=CCCCCC1. The van der Waals surface area contributed by atoms with Gasteiger partial charge in [-0.3, -0.25) is 0 Å².